The third-order valence-corrected chi connectivity index (χ3v) is 3.39. The minimum absolute atomic E-state index is 0.144. The van der Waals surface area contributed by atoms with Gasteiger partial charge in [0.1, 0.15) is 11.2 Å². The van der Waals surface area contributed by atoms with Gasteiger partial charge in [-0.1, -0.05) is 5.16 Å². The average molecular weight is 312 g/mol. The Hall–Kier alpha value is -3.36. The van der Waals surface area contributed by atoms with Gasteiger partial charge in [-0.15, -0.1) is 0 Å². The number of nitrogens with one attached hydrogen (secondary N) is 1. The van der Waals surface area contributed by atoms with Crippen LogP contribution in [0.2, 0.25) is 0 Å². The van der Waals surface area contributed by atoms with E-state index >= 15 is 0 Å². The fourth-order valence-corrected chi connectivity index (χ4v) is 2.29. The van der Waals surface area contributed by atoms with E-state index in [1.165, 1.54) is 12.5 Å². The highest BCUT2D eigenvalue weighted by Crippen LogP contribution is 2.17. The molecule has 0 aliphatic heterocycles. The quantitative estimate of drug-likeness (QED) is 0.608. The molecule has 0 fully saturated rings. The van der Waals surface area contributed by atoms with Gasteiger partial charge >= 0.3 is 0 Å². The van der Waals surface area contributed by atoms with E-state index in [-0.39, 0.29) is 18.3 Å². The number of aryl methyl sites for hydroxylation is 1. The van der Waals surface area contributed by atoms with Gasteiger partial charge in [0.2, 0.25) is 0 Å². The molecule has 9 nitrogen and oxygen atoms in total. The first-order valence-corrected chi connectivity index (χ1v) is 6.85. The smallest absolute Gasteiger partial charge is 0.293 e. The van der Waals surface area contributed by atoms with Crippen LogP contribution in [0.1, 0.15) is 16.2 Å². The first-order chi connectivity index (χ1) is 11.2. The topological polar surface area (TPSA) is 103 Å². The second kappa shape index (κ2) is 5.13. The van der Waals surface area contributed by atoms with Crippen molar-refractivity contribution in [2.24, 2.45) is 7.05 Å². The summed E-state index contributed by atoms with van der Waals surface area (Å²) in [6, 6.07) is 3.45. The zero-order valence-electron chi connectivity index (χ0n) is 12.1. The fourth-order valence-electron chi connectivity index (χ4n) is 2.29. The van der Waals surface area contributed by atoms with Gasteiger partial charge in [-0.25, -0.2) is 4.52 Å². The SMILES string of the molecule is Cn1ccn2ncc(C(=O)NCc3noc(-c4ccco4)n3)c12. The maximum Gasteiger partial charge on any atom is 0.293 e. The van der Waals surface area contributed by atoms with Crippen LogP contribution >= 0.6 is 0 Å². The third-order valence-electron chi connectivity index (χ3n) is 3.39. The van der Waals surface area contributed by atoms with Crippen molar-refractivity contribution in [1.82, 2.24) is 29.6 Å². The van der Waals surface area contributed by atoms with Crippen LogP contribution in [-0.2, 0) is 13.6 Å². The zero-order valence-corrected chi connectivity index (χ0v) is 12.1. The highest BCUT2D eigenvalue weighted by atomic mass is 16.5. The predicted molar refractivity (Wildman–Crippen MR) is 77.3 cm³/mol. The lowest BCUT2D eigenvalue weighted by molar-refractivity contribution is 0.0951. The molecule has 0 unspecified atom stereocenters. The van der Waals surface area contributed by atoms with Crippen molar-refractivity contribution in [3.8, 4) is 11.7 Å². The molecule has 4 rings (SSSR count). The third kappa shape index (κ3) is 2.27. The Morgan fingerprint density at radius 2 is 2.30 bits per heavy atom. The number of hydrogen-bond donors (Lipinski definition) is 1. The number of imidazole rings is 1. The van der Waals surface area contributed by atoms with Gasteiger partial charge in [-0.2, -0.15) is 10.1 Å². The Bertz CT molecular complexity index is 962. The average Bonchev–Trinajstić information content (AvgIpc) is 3.31. The fraction of sp³-hybridized carbons (Fsp3) is 0.143. The monoisotopic (exact) mass is 312 g/mol. The molecule has 23 heavy (non-hydrogen) atoms. The Morgan fingerprint density at radius 3 is 3.13 bits per heavy atom. The minimum atomic E-state index is -0.258. The predicted octanol–water partition coefficient (Wildman–Crippen LogP) is 1.25. The van der Waals surface area contributed by atoms with Gasteiger partial charge in [0.25, 0.3) is 11.8 Å². The minimum Gasteiger partial charge on any atom is -0.459 e. The number of rotatable bonds is 4. The number of furan rings is 1. The zero-order chi connectivity index (χ0) is 15.8. The summed E-state index contributed by atoms with van der Waals surface area (Å²) in [7, 11) is 1.85. The van der Waals surface area contributed by atoms with Crippen molar-refractivity contribution in [3.63, 3.8) is 0 Å². The lowest BCUT2D eigenvalue weighted by Gasteiger charge is -2.01. The Labute approximate surface area is 129 Å². The van der Waals surface area contributed by atoms with Crippen molar-refractivity contribution in [1.29, 1.82) is 0 Å². The highest BCUT2D eigenvalue weighted by molar-refractivity contribution is 5.99. The highest BCUT2D eigenvalue weighted by Gasteiger charge is 2.16. The molecule has 4 aromatic heterocycles. The molecule has 0 radical (unpaired) electrons. The molecule has 0 aliphatic rings. The Kier molecular flexibility index (Phi) is 2.97. The van der Waals surface area contributed by atoms with Gasteiger partial charge in [0.15, 0.2) is 11.6 Å². The van der Waals surface area contributed by atoms with Crippen molar-refractivity contribution < 1.29 is 13.7 Å². The summed E-state index contributed by atoms with van der Waals surface area (Å²) < 4.78 is 13.7. The van der Waals surface area contributed by atoms with E-state index in [2.05, 4.69) is 20.6 Å². The van der Waals surface area contributed by atoms with Gasteiger partial charge in [0.05, 0.1) is 19.0 Å². The summed E-state index contributed by atoms with van der Waals surface area (Å²) >= 11 is 0. The normalized spacial score (nSPS) is 11.2. The Balaban J connectivity index is 1.49. The summed E-state index contributed by atoms with van der Waals surface area (Å²) in [5, 5.41) is 10.7. The van der Waals surface area contributed by atoms with E-state index in [0.29, 0.717) is 22.8 Å². The molecule has 4 aromatic rings. The van der Waals surface area contributed by atoms with Crippen molar-refractivity contribution in [2.75, 3.05) is 0 Å². The van der Waals surface area contributed by atoms with E-state index in [1.54, 1.807) is 22.8 Å². The number of amides is 1. The van der Waals surface area contributed by atoms with E-state index in [0.717, 1.165) is 0 Å². The van der Waals surface area contributed by atoms with E-state index < -0.39 is 0 Å². The van der Waals surface area contributed by atoms with E-state index in [1.807, 2.05) is 17.8 Å². The standard InChI is InChI=1S/C14H12N6O3/c1-19-4-5-20-14(19)9(7-16-20)12(21)15-8-11-17-13(23-18-11)10-3-2-6-22-10/h2-7H,8H2,1H3,(H,15,21). The molecule has 0 spiro atoms. The number of aromatic nitrogens is 5. The molecule has 0 saturated heterocycles. The van der Waals surface area contributed by atoms with Crippen LogP contribution in [0.5, 0.6) is 0 Å². The molecule has 1 amide bonds. The second-order valence-electron chi connectivity index (χ2n) is 4.91. The van der Waals surface area contributed by atoms with Gasteiger partial charge in [-0.05, 0) is 12.1 Å². The van der Waals surface area contributed by atoms with Crippen molar-refractivity contribution in [2.45, 2.75) is 6.54 Å². The van der Waals surface area contributed by atoms with Crippen molar-refractivity contribution in [3.05, 3.63) is 48.4 Å². The molecule has 9 heteroatoms. The molecule has 0 aromatic carbocycles. The molecule has 0 saturated carbocycles. The van der Waals surface area contributed by atoms with Crippen LogP contribution in [0.3, 0.4) is 0 Å². The summed E-state index contributed by atoms with van der Waals surface area (Å²) in [5.41, 5.74) is 1.19. The summed E-state index contributed by atoms with van der Waals surface area (Å²) in [6.07, 6.45) is 6.65. The van der Waals surface area contributed by atoms with E-state index in [4.69, 9.17) is 8.94 Å². The molecule has 0 aliphatic carbocycles. The van der Waals surface area contributed by atoms with Crippen LogP contribution in [0.4, 0.5) is 0 Å². The lowest BCUT2D eigenvalue weighted by atomic mass is 10.3. The van der Waals surface area contributed by atoms with Crippen LogP contribution in [0, 0.1) is 0 Å². The lowest BCUT2D eigenvalue weighted by Crippen LogP contribution is -2.23. The van der Waals surface area contributed by atoms with Gasteiger partial charge in [0, 0.05) is 19.4 Å². The molecule has 1 N–H and O–H groups in total. The molecule has 4 heterocycles. The molecule has 116 valence electrons. The first-order valence-electron chi connectivity index (χ1n) is 6.85. The number of hydrogen-bond acceptors (Lipinski definition) is 6. The van der Waals surface area contributed by atoms with Crippen molar-refractivity contribution >= 4 is 11.6 Å². The number of fused-ring (bicyclic) bond motifs is 1. The van der Waals surface area contributed by atoms with Crippen LogP contribution in [0.25, 0.3) is 17.3 Å². The Morgan fingerprint density at radius 1 is 1.39 bits per heavy atom. The number of carbonyl (C=O) groups excluding carboxylic acids is 1. The molecular weight excluding hydrogens is 300 g/mol. The number of carbonyl (C=O) groups is 1. The maximum atomic E-state index is 12.3. The van der Waals surface area contributed by atoms with Crippen LogP contribution < -0.4 is 5.32 Å². The molecule has 0 bridgehead atoms. The van der Waals surface area contributed by atoms with Gasteiger partial charge in [-0.3, -0.25) is 4.79 Å². The molecule has 0 atom stereocenters. The summed E-state index contributed by atoms with van der Waals surface area (Å²) in [6.45, 7) is 0.144. The van der Waals surface area contributed by atoms with Gasteiger partial charge < -0.3 is 18.8 Å². The molecular formula is C14H12N6O3. The van der Waals surface area contributed by atoms with Crippen LogP contribution in [0.15, 0.2) is 45.9 Å². The van der Waals surface area contributed by atoms with Crippen LogP contribution in [-0.4, -0.2) is 30.2 Å². The maximum absolute atomic E-state index is 12.3. The first kappa shape index (κ1) is 13.3. The summed E-state index contributed by atoms with van der Waals surface area (Å²) in [4.78, 5) is 16.5. The van der Waals surface area contributed by atoms with E-state index in [9.17, 15) is 4.79 Å². The number of nitrogens with zero attached hydrogens (tertiary/aromatic N) is 5. The second-order valence-corrected chi connectivity index (χ2v) is 4.91. The summed E-state index contributed by atoms with van der Waals surface area (Å²) in [5.74, 6) is 0.859. The largest absolute Gasteiger partial charge is 0.459 e.